The fraction of sp³-hybridized carbons (Fsp3) is 0.0476. The molecule has 144 valence electrons. The van der Waals surface area contributed by atoms with Gasteiger partial charge in [-0.15, -0.1) is 11.3 Å². The van der Waals surface area contributed by atoms with E-state index in [2.05, 4.69) is 38.7 Å². The number of hydrazone groups is 1. The first-order chi connectivity index (χ1) is 14.2. The van der Waals surface area contributed by atoms with Crippen LogP contribution in [0, 0.1) is 0 Å². The van der Waals surface area contributed by atoms with E-state index in [4.69, 9.17) is 9.84 Å². The van der Waals surface area contributed by atoms with Gasteiger partial charge in [-0.25, -0.2) is 14.8 Å². The molecule has 0 bridgehead atoms. The van der Waals surface area contributed by atoms with Gasteiger partial charge in [0, 0.05) is 4.88 Å². The highest BCUT2D eigenvalue weighted by atomic mass is 32.1. The minimum absolute atomic E-state index is 0.371. The van der Waals surface area contributed by atoms with Gasteiger partial charge >= 0.3 is 5.97 Å². The van der Waals surface area contributed by atoms with E-state index in [0.29, 0.717) is 11.6 Å². The normalized spacial score (nSPS) is 11.0. The predicted molar refractivity (Wildman–Crippen MR) is 114 cm³/mol. The monoisotopic (exact) mass is 404 g/mol. The number of anilines is 1. The summed E-state index contributed by atoms with van der Waals surface area (Å²) < 4.78 is 5.11. The summed E-state index contributed by atoms with van der Waals surface area (Å²) in [6.07, 6.45) is 3.17. The van der Waals surface area contributed by atoms with Crippen LogP contribution < -0.4 is 10.2 Å². The van der Waals surface area contributed by atoms with Crippen molar-refractivity contribution < 1.29 is 14.6 Å². The third kappa shape index (κ3) is 4.56. The zero-order valence-electron chi connectivity index (χ0n) is 15.1. The number of aliphatic carboxylic acids is 1. The molecule has 0 aliphatic heterocycles. The van der Waals surface area contributed by atoms with Gasteiger partial charge in [-0.3, -0.25) is 5.43 Å². The van der Waals surface area contributed by atoms with Crippen LogP contribution in [0.25, 0.3) is 20.7 Å². The fourth-order valence-electron chi connectivity index (χ4n) is 2.65. The number of carboxylic acid groups (broad SMARTS) is 1. The molecule has 2 N–H and O–H groups in total. The first-order valence-corrected chi connectivity index (χ1v) is 9.54. The molecule has 0 radical (unpaired) electrons. The number of aromatic nitrogens is 2. The lowest BCUT2D eigenvalue weighted by Gasteiger charge is -2.03. The summed E-state index contributed by atoms with van der Waals surface area (Å²) in [5, 5.41) is 13.8. The predicted octanol–water partition coefficient (Wildman–Crippen LogP) is 4.27. The molecule has 0 atom stereocenters. The van der Waals surface area contributed by atoms with Crippen molar-refractivity contribution in [2.75, 3.05) is 12.0 Å². The molecular formula is C21H16N4O3S. The summed E-state index contributed by atoms with van der Waals surface area (Å²) in [6, 6.07) is 19.1. The number of ether oxygens (including phenoxy) is 1. The van der Waals surface area contributed by atoms with Crippen LogP contribution in [0.15, 0.2) is 72.1 Å². The van der Waals surface area contributed by atoms with Gasteiger partial charge in [0.25, 0.3) is 0 Å². The Morgan fingerprint density at radius 1 is 1.14 bits per heavy atom. The maximum Gasteiger partial charge on any atom is 0.341 e. The van der Waals surface area contributed by atoms with Crippen LogP contribution in [0.1, 0.15) is 5.56 Å². The van der Waals surface area contributed by atoms with Crippen molar-refractivity contribution in [3.8, 4) is 16.2 Å². The molecule has 2 heterocycles. The van der Waals surface area contributed by atoms with Gasteiger partial charge in [0.1, 0.15) is 16.9 Å². The molecular weight excluding hydrogens is 388 g/mol. The molecule has 0 aliphatic carbocycles. The largest absolute Gasteiger partial charge is 0.482 e. The summed E-state index contributed by atoms with van der Waals surface area (Å²) in [5.74, 6) is 0.104. The van der Waals surface area contributed by atoms with Gasteiger partial charge in [-0.05, 0) is 41.5 Å². The smallest absolute Gasteiger partial charge is 0.341 e. The second kappa shape index (κ2) is 8.49. The van der Waals surface area contributed by atoms with Crippen molar-refractivity contribution in [3.63, 3.8) is 0 Å². The highest BCUT2D eigenvalue weighted by Gasteiger charge is 2.09. The lowest BCUT2D eigenvalue weighted by atomic mass is 10.2. The Bertz CT molecular complexity index is 1160. The van der Waals surface area contributed by atoms with Gasteiger partial charge in [0.05, 0.1) is 11.6 Å². The van der Waals surface area contributed by atoms with E-state index < -0.39 is 5.97 Å². The number of carboxylic acids is 1. The van der Waals surface area contributed by atoms with Gasteiger partial charge in [0.15, 0.2) is 12.4 Å². The molecule has 0 amide bonds. The van der Waals surface area contributed by atoms with E-state index in [1.165, 1.54) is 6.33 Å². The first-order valence-electron chi connectivity index (χ1n) is 8.73. The maximum atomic E-state index is 10.5. The average Bonchev–Trinajstić information content (AvgIpc) is 3.19. The van der Waals surface area contributed by atoms with E-state index in [0.717, 1.165) is 26.2 Å². The lowest BCUT2D eigenvalue weighted by molar-refractivity contribution is -0.139. The Kier molecular flexibility index (Phi) is 5.44. The third-order valence-electron chi connectivity index (χ3n) is 4.01. The standard InChI is InChI=1S/C21H16N4O3S/c26-19(27)12-28-16-8-6-14(7-9-16)11-24-25-20-17-10-18(15-4-2-1-3-5-15)29-21(17)23-13-22-20/h1-11,13H,12H2,(H,26,27)(H,22,23,25)/b24-11-. The van der Waals surface area contributed by atoms with Crippen molar-refractivity contribution in [3.05, 3.63) is 72.6 Å². The summed E-state index contributed by atoms with van der Waals surface area (Å²) in [5.41, 5.74) is 4.94. The molecule has 0 saturated heterocycles. The second-order valence-electron chi connectivity index (χ2n) is 6.04. The van der Waals surface area contributed by atoms with Gasteiger partial charge < -0.3 is 9.84 Å². The average molecular weight is 404 g/mol. The van der Waals surface area contributed by atoms with Crippen LogP contribution in [0.4, 0.5) is 5.82 Å². The number of fused-ring (bicyclic) bond motifs is 1. The third-order valence-corrected chi connectivity index (χ3v) is 5.11. The fourth-order valence-corrected chi connectivity index (χ4v) is 3.66. The zero-order chi connectivity index (χ0) is 20.1. The minimum Gasteiger partial charge on any atom is -0.482 e. The summed E-state index contributed by atoms with van der Waals surface area (Å²) >= 11 is 1.60. The molecule has 4 rings (SSSR count). The Balaban J connectivity index is 1.48. The second-order valence-corrected chi connectivity index (χ2v) is 7.07. The number of hydrogen-bond acceptors (Lipinski definition) is 7. The summed E-state index contributed by atoms with van der Waals surface area (Å²) in [6.45, 7) is -0.371. The van der Waals surface area contributed by atoms with Crippen molar-refractivity contribution in [2.24, 2.45) is 5.10 Å². The van der Waals surface area contributed by atoms with Crippen LogP contribution in [-0.2, 0) is 4.79 Å². The molecule has 7 nitrogen and oxygen atoms in total. The van der Waals surface area contributed by atoms with Gasteiger partial charge in [0.2, 0.25) is 0 Å². The van der Waals surface area contributed by atoms with Gasteiger partial charge in [-0.2, -0.15) is 5.10 Å². The Morgan fingerprint density at radius 2 is 1.93 bits per heavy atom. The number of nitrogens with zero attached hydrogens (tertiary/aromatic N) is 3. The molecule has 29 heavy (non-hydrogen) atoms. The first kappa shape index (κ1) is 18.6. The summed E-state index contributed by atoms with van der Waals surface area (Å²) in [7, 11) is 0. The number of carbonyl (C=O) groups is 1. The number of nitrogens with one attached hydrogen (secondary N) is 1. The van der Waals surface area contributed by atoms with Gasteiger partial charge in [-0.1, -0.05) is 30.3 Å². The molecule has 0 fully saturated rings. The van der Waals surface area contributed by atoms with E-state index in [1.807, 2.05) is 18.2 Å². The SMILES string of the molecule is O=C(O)COc1ccc(/C=N\Nc2ncnc3sc(-c4ccccc4)cc23)cc1. The molecule has 0 unspecified atom stereocenters. The number of thiophene rings is 1. The molecule has 0 aliphatic rings. The zero-order valence-corrected chi connectivity index (χ0v) is 16.0. The van der Waals surface area contributed by atoms with Crippen LogP contribution >= 0.6 is 11.3 Å². The van der Waals surface area contributed by atoms with E-state index in [9.17, 15) is 4.79 Å². The number of benzene rings is 2. The highest BCUT2D eigenvalue weighted by molar-refractivity contribution is 7.21. The molecule has 2 aromatic carbocycles. The Hall–Kier alpha value is -3.78. The number of rotatable bonds is 7. The maximum absolute atomic E-state index is 10.5. The van der Waals surface area contributed by atoms with Crippen molar-refractivity contribution >= 4 is 39.6 Å². The topological polar surface area (TPSA) is 96.7 Å². The molecule has 8 heteroatoms. The molecule has 0 spiro atoms. The van der Waals surface area contributed by atoms with Crippen LogP contribution in [0.5, 0.6) is 5.75 Å². The Labute approximate surface area is 170 Å². The molecule has 0 saturated carbocycles. The van der Waals surface area contributed by atoms with Crippen LogP contribution in [0.2, 0.25) is 0 Å². The summed E-state index contributed by atoms with van der Waals surface area (Å²) in [4.78, 5) is 21.2. The van der Waals surface area contributed by atoms with Crippen molar-refractivity contribution in [1.29, 1.82) is 0 Å². The quantitative estimate of drug-likeness (QED) is 0.353. The number of hydrogen-bond donors (Lipinski definition) is 2. The molecule has 2 aromatic heterocycles. The Morgan fingerprint density at radius 3 is 2.69 bits per heavy atom. The minimum atomic E-state index is -1.01. The lowest BCUT2D eigenvalue weighted by Crippen LogP contribution is -2.09. The van der Waals surface area contributed by atoms with Crippen LogP contribution in [-0.4, -0.2) is 33.9 Å². The molecule has 4 aromatic rings. The van der Waals surface area contributed by atoms with E-state index >= 15 is 0 Å². The highest BCUT2D eigenvalue weighted by Crippen LogP contribution is 2.34. The van der Waals surface area contributed by atoms with Crippen LogP contribution in [0.3, 0.4) is 0 Å². The van der Waals surface area contributed by atoms with Crippen molar-refractivity contribution in [1.82, 2.24) is 9.97 Å². The van der Waals surface area contributed by atoms with Crippen molar-refractivity contribution in [2.45, 2.75) is 0 Å². The van der Waals surface area contributed by atoms with E-state index in [-0.39, 0.29) is 6.61 Å². The van der Waals surface area contributed by atoms with E-state index in [1.54, 1.807) is 41.8 Å².